The van der Waals surface area contributed by atoms with Gasteiger partial charge in [0.25, 0.3) is 0 Å². The third-order valence-electron chi connectivity index (χ3n) is 3.42. The molecule has 1 aromatic rings. The highest BCUT2D eigenvalue weighted by atomic mass is 32.1. The lowest BCUT2D eigenvalue weighted by atomic mass is 9.86. The van der Waals surface area contributed by atoms with Gasteiger partial charge in [0.05, 0.1) is 17.8 Å². The number of hydrogen-bond donors (Lipinski definition) is 3. The highest BCUT2D eigenvalue weighted by Crippen LogP contribution is 2.23. The van der Waals surface area contributed by atoms with E-state index < -0.39 is 6.10 Å². The second kappa shape index (κ2) is 7.74. The summed E-state index contributed by atoms with van der Waals surface area (Å²) in [6.45, 7) is 1.41. The minimum absolute atomic E-state index is 0.198. The molecule has 0 saturated heterocycles. The fourth-order valence-electron chi connectivity index (χ4n) is 2.32. The number of aliphatic hydroxyl groups excluding tert-OH is 2. The van der Waals surface area contributed by atoms with Crippen LogP contribution in [0.5, 0.6) is 5.88 Å². The quantitative estimate of drug-likeness (QED) is 0.673. The van der Waals surface area contributed by atoms with Crippen LogP contribution in [0.4, 0.5) is 0 Å². The highest BCUT2D eigenvalue weighted by Gasteiger charge is 2.22. The summed E-state index contributed by atoms with van der Waals surface area (Å²) in [4.78, 5) is 0. The van der Waals surface area contributed by atoms with Crippen LogP contribution in [0.3, 0.4) is 0 Å². The molecule has 0 spiro atoms. The number of rotatable bonds is 7. The number of nitrogens with one attached hydrogen (secondary N) is 1. The van der Waals surface area contributed by atoms with Gasteiger partial charge in [0.1, 0.15) is 18.9 Å². The maximum atomic E-state index is 9.82. The molecule has 3 atom stereocenters. The molecule has 1 fully saturated rings. The van der Waals surface area contributed by atoms with Crippen molar-refractivity contribution in [1.29, 1.82) is 0 Å². The molecule has 6 nitrogen and oxygen atoms in total. The molecule has 3 unspecified atom stereocenters. The van der Waals surface area contributed by atoms with E-state index in [1.54, 1.807) is 0 Å². The van der Waals surface area contributed by atoms with Crippen LogP contribution in [0, 0.1) is 5.92 Å². The smallest absolute Gasteiger partial charge is 0.245 e. The molecule has 19 heavy (non-hydrogen) atoms. The number of aromatic nitrogens is 2. The minimum Gasteiger partial charge on any atom is -0.473 e. The van der Waals surface area contributed by atoms with Gasteiger partial charge in [-0.15, -0.1) is 4.37 Å². The van der Waals surface area contributed by atoms with Gasteiger partial charge in [0, 0.05) is 13.1 Å². The zero-order valence-corrected chi connectivity index (χ0v) is 11.7. The third-order valence-corrected chi connectivity index (χ3v) is 3.88. The van der Waals surface area contributed by atoms with E-state index in [-0.39, 0.29) is 12.7 Å². The molecule has 7 heteroatoms. The van der Waals surface area contributed by atoms with Crippen molar-refractivity contribution in [3.05, 3.63) is 6.20 Å². The summed E-state index contributed by atoms with van der Waals surface area (Å²) in [6.07, 6.45) is 5.02. The van der Waals surface area contributed by atoms with Gasteiger partial charge >= 0.3 is 0 Å². The maximum Gasteiger partial charge on any atom is 0.245 e. The summed E-state index contributed by atoms with van der Waals surface area (Å²) in [6, 6.07) is 0. The lowest BCUT2D eigenvalue weighted by molar-refractivity contribution is 0.0633. The molecule has 1 saturated carbocycles. The SMILES string of the molecule is OC(CNCC1CCCCC1O)COc1cnsn1. The number of aliphatic hydroxyl groups is 2. The monoisotopic (exact) mass is 287 g/mol. The molecule has 1 heterocycles. The summed E-state index contributed by atoms with van der Waals surface area (Å²) >= 11 is 1.08. The Kier molecular flexibility index (Phi) is 5.96. The first-order chi connectivity index (χ1) is 9.25. The molecule has 0 amide bonds. The highest BCUT2D eigenvalue weighted by molar-refractivity contribution is 6.99. The van der Waals surface area contributed by atoms with Gasteiger partial charge < -0.3 is 20.3 Å². The standard InChI is InChI=1S/C12H21N3O3S/c16-10(8-18-12-7-14-19-15-12)6-13-5-9-3-1-2-4-11(9)17/h7,9-11,13,16-17H,1-6,8H2. The molecule has 0 bridgehead atoms. The van der Waals surface area contributed by atoms with Crippen LogP contribution in [0.1, 0.15) is 25.7 Å². The van der Waals surface area contributed by atoms with Gasteiger partial charge in [-0.3, -0.25) is 0 Å². The van der Waals surface area contributed by atoms with Crippen molar-refractivity contribution >= 4 is 11.7 Å². The second-order valence-electron chi connectivity index (χ2n) is 4.98. The van der Waals surface area contributed by atoms with E-state index >= 15 is 0 Å². The average Bonchev–Trinajstić information content (AvgIpc) is 2.92. The van der Waals surface area contributed by atoms with Crippen LogP contribution < -0.4 is 10.1 Å². The van der Waals surface area contributed by atoms with Crippen LogP contribution in [-0.4, -0.2) is 50.9 Å². The molecule has 0 aromatic carbocycles. The van der Waals surface area contributed by atoms with Crippen LogP contribution in [0.2, 0.25) is 0 Å². The van der Waals surface area contributed by atoms with Gasteiger partial charge in [-0.2, -0.15) is 4.37 Å². The predicted octanol–water partition coefficient (Wildman–Crippen LogP) is 0.418. The summed E-state index contributed by atoms with van der Waals surface area (Å²) < 4.78 is 13.0. The normalized spacial score (nSPS) is 25.2. The summed E-state index contributed by atoms with van der Waals surface area (Å²) in [5.41, 5.74) is 0. The van der Waals surface area contributed by atoms with Crippen molar-refractivity contribution in [3.63, 3.8) is 0 Å². The maximum absolute atomic E-state index is 9.82. The minimum atomic E-state index is -0.581. The van der Waals surface area contributed by atoms with E-state index in [9.17, 15) is 10.2 Å². The first-order valence-corrected chi connectivity index (χ1v) is 7.46. The molecular formula is C12H21N3O3S. The zero-order valence-electron chi connectivity index (χ0n) is 10.9. The largest absolute Gasteiger partial charge is 0.473 e. The number of hydrogen-bond acceptors (Lipinski definition) is 7. The van der Waals surface area contributed by atoms with Crippen molar-refractivity contribution < 1.29 is 14.9 Å². The van der Waals surface area contributed by atoms with Crippen molar-refractivity contribution in [2.75, 3.05) is 19.7 Å². The lowest BCUT2D eigenvalue weighted by Gasteiger charge is -2.28. The Morgan fingerprint density at radius 1 is 1.47 bits per heavy atom. The molecule has 2 rings (SSSR count). The molecule has 1 aromatic heterocycles. The van der Waals surface area contributed by atoms with E-state index in [1.807, 2.05) is 0 Å². The van der Waals surface area contributed by atoms with Gasteiger partial charge in [0.15, 0.2) is 0 Å². The Bertz CT molecular complexity index is 350. The second-order valence-corrected chi connectivity index (χ2v) is 5.54. The molecular weight excluding hydrogens is 266 g/mol. The first kappa shape index (κ1) is 14.6. The van der Waals surface area contributed by atoms with E-state index in [4.69, 9.17) is 4.74 Å². The van der Waals surface area contributed by atoms with E-state index in [2.05, 4.69) is 14.1 Å². The van der Waals surface area contributed by atoms with E-state index in [0.29, 0.717) is 18.3 Å². The van der Waals surface area contributed by atoms with Crippen molar-refractivity contribution in [2.24, 2.45) is 5.92 Å². The Morgan fingerprint density at radius 2 is 2.32 bits per heavy atom. The van der Waals surface area contributed by atoms with Gasteiger partial charge in [-0.1, -0.05) is 12.8 Å². The number of nitrogens with zero attached hydrogens (tertiary/aromatic N) is 2. The van der Waals surface area contributed by atoms with Crippen LogP contribution >= 0.6 is 11.7 Å². The lowest BCUT2D eigenvalue weighted by Crippen LogP contribution is -2.38. The molecule has 3 N–H and O–H groups in total. The zero-order chi connectivity index (χ0) is 13.5. The Labute approximate surface area is 117 Å². The summed E-state index contributed by atoms with van der Waals surface area (Å²) in [5.74, 6) is 0.761. The summed E-state index contributed by atoms with van der Waals surface area (Å²) in [5, 5.41) is 22.8. The predicted molar refractivity (Wildman–Crippen MR) is 72.2 cm³/mol. The van der Waals surface area contributed by atoms with Gasteiger partial charge in [-0.25, -0.2) is 0 Å². The van der Waals surface area contributed by atoms with E-state index in [1.165, 1.54) is 12.6 Å². The average molecular weight is 287 g/mol. The number of ether oxygens (including phenoxy) is 1. The molecule has 1 aliphatic carbocycles. The van der Waals surface area contributed by atoms with E-state index in [0.717, 1.165) is 37.5 Å². The van der Waals surface area contributed by atoms with Gasteiger partial charge in [-0.05, 0) is 18.8 Å². The molecule has 1 aliphatic rings. The fraction of sp³-hybridized carbons (Fsp3) is 0.833. The summed E-state index contributed by atoms with van der Waals surface area (Å²) in [7, 11) is 0. The molecule has 0 radical (unpaired) electrons. The fourth-order valence-corrected chi connectivity index (χ4v) is 2.69. The van der Waals surface area contributed by atoms with Crippen LogP contribution in [0.25, 0.3) is 0 Å². The first-order valence-electron chi connectivity index (χ1n) is 6.73. The van der Waals surface area contributed by atoms with Crippen LogP contribution in [0.15, 0.2) is 6.20 Å². The van der Waals surface area contributed by atoms with Crippen molar-refractivity contribution in [3.8, 4) is 5.88 Å². The van der Waals surface area contributed by atoms with Gasteiger partial charge in [0.2, 0.25) is 5.88 Å². The third kappa shape index (κ3) is 5.02. The Balaban J connectivity index is 1.57. The Morgan fingerprint density at radius 3 is 3.05 bits per heavy atom. The Hall–Kier alpha value is -0.760. The topological polar surface area (TPSA) is 87.5 Å². The van der Waals surface area contributed by atoms with Crippen LogP contribution in [-0.2, 0) is 0 Å². The molecule has 0 aliphatic heterocycles. The van der Waals surface area contributed by atoms with Crippen molar-refractivity contribution in [2.45, 2.75) is 37.9 Å². The van der Waals surface area contributed by atoms with Crippen molar-refractivity contribution in [1.82, 2.24) is 14.1 Å². The molecule has 108 valence electrons.